The highest BCUT2D eigenvalue weighted by molar-refractivity contribution is 5.96. The molecule has 4 rings (SSSR count). The van der Waals surface area contributed by atoms with Crippen molar-refractivity contribution in [3.05, 3.63) is 54.2 Å². The van der Waals surface area contributed by atoms with Gasteiger partial charge in [0.2, 0.25) is 5.91 Å². The molecule has 0 radical (unpaired) electrons. The number of aromatic nitrogens is 2. The lowest BCUT2D eigenvalue weighted by Crippen LogP contribution is -2.21. The number of nitrogens with one attached hydrogen (secondary N) is 1. The summed E-state index contributed by atoms with van der Waals surface area (Å²) in [7, 11) is 0. The predicted molar refractivity (Wildman–Crippen MR) is 96.0 cm³/mol. The summed E-state index contributed by atoms with van der Waals surface area (Å²) in [5, 5.41) is 3.15. The van der Waals surface area contributed by atoms with Crippen molar-refractivity contribution in [1.29, 1.82) is 0 Å². The summed E-state index contributed by atoms with van der Waals surface area (Å²) in [4.78, 5) is 17.4. The van der Waals surface area contributed by atoms with Crippen molar-refractivity contribution in [3.8, 4) is 11.3 Å². The van der Waals surface area contributed by atoms with Gasteiger partial charge in [-0.05, 0) is 37.5 Å². The van der Waals surface area contributed by atoms with Gasteiger partial charge in [-0.2, -0.15) is 0 Å². The van der Waals surface area contributed by atoms with E-state index in [4.69, 9.17) is 4.98 Å². The van der Waals surface area contributed by atoms with Gasteiger partial charge in [-0.1, -0.05) is 43.2 Å². The monoisotopic (exact) mass is 319 g/mol. The van der Waals surface area contributed by atoms with Gasteiger partial charge in [0.05, 0.1) is 0 Å². The van der Waals surface area contributed by atoms with E-state index in [9.17, 15) is 4.79 Å². The Hall–Kier alpha value is -2.62. The Balaban J connectivity index is 1.80. The number of anilines is 1. The second kappa shape index (κ2) is 6.11. The van der Waals surface area contributed by atoms with Gasteiger partial charge >= 0.3 is 0 Å². The second-order valence-corrected chi connectivity index (χ2v) is 6.58. The number of nitrogens with zero attached hydrogens (tertiary/aromatic N) is 2. The molecule has 0 bridgehead atoms. The summed E-state index contributed by atoms with van der Waals surface area (Å²) in [5.74, 6) is 1.02. The number of fused-ring (bicyclic) bond motifs is 1. The summed E-state index contributed by atoms with van der Waals surface area (Å²) in [6.45, 7) is 2.05. The van der Waals surface area contributed by atoms with Crippen molar-refractivity contribution in [2.75, 3.05) is 5.32 Å². The lowest BCUT2D eigenvalue weighted by Gasteiger charge is -2.12. The number of rotatable bonds is 3. The van der Waals surface area contributed by atoms with Gasteiger partial charge in [-0.3, -0.25) is 9.20 Å². The number of carbonyl (C=O) groups excluding carboxylic acids is 1. The summed E-state index contributed by atoms with van der Waals surface area (Å²) in [5.41, 5.74) is 3.85. The van der Waals surface area contributed by atoms with E-state index in [1.165, 1.54) is 0 Å². The molecule has 1 aliphatic rings. The largest absolute Gasteiger partial charge is 0.310 e. The van der Waals surface area contributed by atoms with E-state index in [1.807, 2.05) is 60.0 Å². The summed E-state index contributed by atoms with van der Waals surface area (Å²) < 4.78 is 1.97. The van der Waals surface area contributed by atoms with E-state index in [2.05, 4.69) is 5.32 Å². The van der Waals surface area contributed by atoms with Crippen LogP contribution in [0.25, 0.3) is 16.9 Å². The molecule has 1 aliphatic carbocycles. The van der Waals surface area contributed by atoms with Crippen LogP contribution in [-0.2, 0) is 4.79 Å². The van der Waals surface area contributed by atoms with Gasteiger partial charge in [-0.15, -0.1) is 0 Å². The van der Waals surface area contributed by atoms with Crippen LogP contribution in [0.2, 0.25) is 0 Å². The fourth-order valence-corrected chi connectivity index (χ4v) is 3.47. The van der Waals surface area contributed by atoms with Crippen LogP contribution in [0.15, 0.2) is 48.7 Å². The molecule has 0 atom stereocenters. The zero-order chi connectivity index (χ0) is 16.5. The van der Waals surface area contributed by atoms with Crippen molar-refractivity contribution < 1.29 is 4.79 Å². The number of aryl methyl sites for hydroxylation is 1. The topological polar surface area (TPSA) is 46.4 Å². The smallest absolute Gasteiger partial charge is 0.228 e. The number of imidazole rings is 1. The van der Waals surface area contributed by atoms with Crippen LogP contribution in [0.1, 0.15) is 31.2 Å². The number of hydrogen-bond donors (Lipinski definition) is 1. The minimum absolute atomic E-state index is 0.118. The average Bonchev–Trinajstić information content (AvgIpc) is 3.24. The van der Waals surface area contributed by atoms with Crippen LogP contribution in [0.5, 0.6) is 0 Å². The number of benzene rings is 1. The molecule has 1 N–H and O–H groups in total. The van der Waals surface area contributed by atoms with Crippen LogP contribution >= 0.6 is 0 Å². The Morgan fingerprint density at radius 3 is 2.67 bits per heavy atom. The minimum Gasteiger partial charge on any atom is -0.310 e. The van der Waals surface area contributed by atoms with Crippen LogP contribution in [0, 0.1) is 12.8 Å². The maximum absolute atomic E-state index is 12.7. The van der Waals surface area contributed by atoms with Gasteiger partial charge in [0.25, 0.3) is 0 Å². The zero-order valence-electron chi connectivity index (χ0n) is 13.8. The van der Waals surface area contributed by atoms with E-state index in [0.717, 1.165) is 54.0 Å². The fourth-order valence-electron chi connectivity index (χ4n) is 3.47. The fraction of sp³-hybridized carbons (Fsp3) is 0.300. The lowest BCUT2D eigenvalue weighted by molar-refractivity contribution is -0.119. The molecule has 1 aromatic carbocycles. The van der Waals surface area contributed by atoms with E-state index in [1.54, 1.807) is 0 Å². The maximum Gasteiger partial charge on any atom is 0.228 e. The zero-order valence-corrected chi connectivity index (χ0v) is 13.8. The first-order chi connectivity index (χ1) is 11.7. The second-order valence-electron chi connectivity index (χ2n) is 6.58. The highest BCUT2D eigenvalue weighted by Gasteiger charge is 2.25. The van der Waals surface area contributed by atoms with Gasteiger partial charge < -0.3 is 5.32 Å². The van der Waals surface area contributed by atoms with Crippen LogP contribution in [0.4, 0.5) is 5.82 Å². The molecular formula is C20H21N3O. The van der Waals surface area contributed by atoms with E-state index in [-0.39, 0.29) is 11.8 Å². The third-order valence-electron chi connectivity index (χ3n) is 4.80. The SMILES string of the molecule is Cc1ccn2c(NC(=O)C3CCCC3)c(-c3ccccc3)nc2c1. The van der Waals surface area contributed by atoms with E-state index >= 15 is 0 Å². The number of hydrogen-bond acceptors (Lipinski definition) is 2. The van der Waals surface area contributed by atoms with E-state index < -0.39 is 0 Å². The van der Waals surface area contributed by atoms with Gasteiger partial charge in [0.1, 0.15) is 17.2 Å². The molecule has 0 spiro atoms. The molecule has 0 unspecified atom stereocenters. The van der Waals surface area contributed by atoms with Crippen molar-refractivity contribution in [2.24, 2.45) is 5.92 Å². The molecule has 2 aromatic heterocycles. The van der Waals surface area contributed by atoms with Gasteiger partial charge in [0, 0.05) is 17.7 Å². The highest BCUT2D eigenvalue weighted by atomic mass is 16.2. The van der Waals surface area contributed by atoms with Gasteiger partial charge in [0.15, 0.2) is 0 Å². The summed E-state index contributed by atoms with van der Waals surface area (Å²) in [6, 6.07) is 14.1. The lowest BCUT2D eigenvalue weighted by atomic mass is 10.1. The first-order valence-corrected chi connectivity index (χ1v) is 8.57. The van der Waals surface area contributed by atoms with Gasteiger partial charge in [-0.25, -0.2) is 4.98 Å². The maximum atomic E-state index is 12.7. The van der Waals surface area contributed by atoms with E-state index in [0.29, 0.717) is 0 Å². The molecule has 4 heteroatoms. The van der Waals surface area contributed by atoms with Crippen LogP contribution in [0.3, 0.4) is 0 Å². The molecule has 122 valence electrons. The molecule has 4 nitrogen and oxygen atoms in total. The summed E-state index contributed by atoms with van der Waals surface area (Å²) in [6.07, 6.45) is 6.25. The first-order valence-electron chi connectivity index (χ1n) is 8.57. The van der Waals surface area contributed by atoms with Crippen molar-refractivity contribution in [3.63, 3.8) is 0 Å². The Labute approximate surface area is 141 Å². The normalized spacial score (nSPS) is 15.0. The third-order valence-corrected chi connectivity index (χ3v) is 4.80. The van der Waals surface area contributed by atoms with Crippen molar-refractivity contribution >= 4 is 17.4 Å². The molecule has 3 aromatic rings. The van der Waals surface area contributed by atoms with Crippen LogP contribution in [-0.4, -0.2) is 15.3 Å². The predicted octanol–water partition coefficient (Wildman–Crippen LogP) is 4.44. The Morgan fingerprint density at radius 1 is 1.17 bits per heavy atom. The molecule has 0 saturated heterocycles. The number of amides is 1. The number of pyridine rings is 1. The van der Waals surface area contributed by atoms with Crippen LogP contribution < -0.4 is 5.32 Å². The van der Waals surface area contributed by atoms with Crippen molar-refractivity contribution in [2.45, 2.75) is 32.6 Å². The molecule has 0 aliphatic heterocycles. The Bertz CT molecular complexity index is 877. The molecule has 2 heterocycles. The molecule has 24 heavy (non-hydrogen) atoms. The number of carbonyl (C=O) groups is 1. The first kappa shape index (κ1) is 14.9. The quantitative estimate of drug-likeness (QED) is 0.776. The standard InChI is InChI=1S/C20H21N3O/c1-14-11-12-23-17(13-14)21-18(15-7-3-2-4-8-15)19(23)22-20(24)16-9-5-6-10-16/h2-4,7-8,11-13,16H,5-6,9-10H2,1H3,(H,22,24). The molecular weight excluding hydrogens is 298 g/mol. The van der Waals surface area contributed by atoms with Crippen molar-refractivity contribution in [1.82, 2.24) is 9.38 Å². The minimum atomic E-state index is 0.118. The highest BCUT2D eigenvalue weighted by Crippen LogP contribution is 2.31. The Kier molecular flexibility index (Phi) is 3.81. The summed E-state index contributed by atoms with van der Waals surface area (Å²) >= 11 is 0. The molecule has 1 amide bonds. The molecule has 1 fully saturated rings. The Morgan fingerprint density at radius 2 is 1.92 bits per heavy atom. The molecule has 1 saturated carbocycles. The third kappa shape index (κ3) is 2.68. The average molecular weight is 319 g/mol.